The molecule has 0 saturated heterocycles. The minimum atomic E-state index is 0.613. The van der Waals surface area contributed by atoms with Gasteiger partial charge in [0.1, 0.15) is 5.82 Å². The number of rotatable bonds is 4. The van der Waals surface area contributed by atoms with Crippen LogP contribution in [0.4, 0.5) is 0 Å². The molecule has 98 valence electrons. The van der Waals surface area contributed by atoms with Crippen molar-refractivity contribution in [3.8, 4) is 10.7 Å². The highest BCUT2D eigenvalue weighted by atomic mass is 32.2. The molecule has 0 bridgehead atoms. The number of aromatic nitrogens is 5. The van der Waals surface area contributed by atoms with Crippen molar-refractivity contribution in [1.29, 1.82) is 0 Å². The van der Waals surface area contributed by atoms with E-state index in [1.165, 1.54) is 28.0 Å². The lowest BCUT2D eigenvalue weighted by Gasteiger charge is -1.99. The quantitative estimate of drug-likeness (QED) is 0.744. The fraction of sp³-hybridized carbons (Fsp3) is 0.200. The van der Waals surface area contributed by atoms with Gasteiger partial charge in [0.15, 0.2) is 10.2 Å². The van der Waals surface area contributed by atoms with Crippen LogP contribution in [0.5, 0.6) is 0 Å². The van der Waals surface area contributed by atoms with Gasteiger partial charge in [-0.25, -0.2) is 9.66 Å². The van der Waals surface area contributed by atoms with E-state index in [9.17, 15) is 0 Å². The molecule has 0 radical (unpaired) electrons. The average molecular weight is 310 g/mol. The second kappa shape index (κ2) is 5.27. The molecule has 3 heterocycles. The van der Waals surface area contributed by atoms with Crippen LogP contribution in [0.15, 0.2) is 27.0 Å². The highest BCUT2D eigenvalue weighted by Crippen LogP contribution is 2.30. The largest absolute Gasteiger partial charge is 0.335 e. The van der Waals surface area contributed by atoms with Crippen LogP contribution in [-0.2, 0) is 6.42 Å². The van der Waals surface area contributed by atoms with Crippen LogP contribution in [0.3, 0.4) is 0 Å². The summed E-state index contributed by atoms with van der Waals surface area (Å²) in [4.78, 5) is 5.37. The van der Waals surface area contributed by atoms with Gasteiger partial charge in [0.25, 0.3) is 0 Å². The number of hydrogen-bond acceptors (Lipinski definition) is 8. The zero-order valence-electron chi connectivity index (χ0n) is 9.98. The maximum absolute atomic E-state index is 6.02. The molecule has 0 spiro atoms. The van der Waals surface area contributed by atoms with Crippen molar-refractivity contribution in [2.24, 2.45) is 0 Å². The number of hydrogen-bond donors (Lipinski definition) is 1. The van der Waals surface area contributed by atoms with Crippen LogP contribution < -0.4 is 5.84 Å². The molecule has 0 saturated carbocycles. The summed E-state index contributed by atoms with van der Waals surface area (Å²) in [6.07, 6.45) is 0.826. The minimum absolute atomic E-state index is 0.613. The molecule has 19 heavy (non-hydrogen) atoms. The fourth-order valence-corrected chi connectivity index (χ4v) is 3.68. The van der Waals surface area contributed by atoms with E-state index in [4.69, 9.17) is 5.84 Å². The molecule has 0 aromatic carbocycles. The van der Waals surface area contributed by atoms with Crippen molar-refractivity contribution in [2.45, 2.75) is 22.8 Å². The first kappa shape index (κ1) is 12.6. The van der Waals surface area contributed by atoms with E-state index in [0.717, 1.165) is 21.5 Å². The average Bonchev–Trinajstić information content (AvgIpc) is 3.12. The molecule has 0 atom stereocenters. The Balaban J connectivity index is 1.86. The summed E-state index contributed by atoms with van der Waals surface area (Å²) >= 11 is 4.31. The van der Waals surface area contributed by atoms with Gasteiger partial charge in [-0.2, -0.15) is 4.37 Å². The van der Waals surface area contributed by atoms with Gasteiger partial charge in [-0.15, -0.1) is 21.5 Å². The summed E-state index contributed by atoms with van der Waals surface area (Å²) in [5, 5.41) is 10.8. The first-order valence-electron chi connectivity index (χ1n) is 5.52. The third-order valence-corrected chi connectivity index (χ3v) is 4.97. The number of aryl methyl sites for hydroxylation is 1. The number of thiophene rings is 1. The normalized spacial score (nSPS) is 11.0. The third-order valence-electron chi connectivity index (χ3n) is 2.35. The van der Waals surface area contributed by atoms with Crippen molar-refractivity contribution in [3.63, 3.8) is 0 Å². The molecule has 3 aromatic rings. The summed E-state index contributed by atoms with van der Waals surface area (Å²) in [5.41, 5.74) is 0. The van der Waals surface area contributed by atoms with E-state index in [1.54, 1.807) is 11.3 Å². The molecule has 6 nitrogen and oxygen atoms in total. The van der Waals surface area contributed by atoms with Gasteiger partial charge in [-0.05, 0) is 34.7 Å². The Hall–Kier alpha value is -1.45. The number of nitrogens with two attached hydrogens (primary N) is 1. The monoisotopic (exact) mass is 310 g/mol. The maximum Gasteiger partial charge on any atom is 0.217 e. The van der Waals surface area contributed by atoms with Gasteiger partial charge in [0.05, 0.1) is 4.88 Å². The first-order valence-corrected chi connectivity index (χ1v) is 7.99. The molecule has 0 aliphatic carbocycles. The Morgan fingerprint density at radius 1 is 1.42 bits per heavy atom. The van der Waals surface area contributed by atoms with Gasteiger partial charge in [-0.1, -0.05) is 13.0 Å². The Labute approximate surface area is 121 Å². The van der Waals surface area contributed by atoms with Crippen molar-refractivity contribution < 1.29 is 0 Å². The first-order chi connectivity index (χ1) is 9.28. The van der Waals surface area contributed by atoms with Crippen molar-refractivity contribution in [3.05, 3.63) is 23.3 Å². The van der Waals surface area contributed by atoms with Crippen molar-refractivity contribution >= 4 is 34.6 Å². The van der Waals surface area contributed by atoms with Gasteiger partial charge in [0.2, 0.25) is 5.16 Å². The molecule has 0 aliphatic heterocycles. The summed E-state index contributed by atoms with van der Waals surface area (Å²) in [6.45, 7) is 2.02. The van der Waals surface area contributed by atoms with Gasteiger partial charge in [0, 0.05) is 6.42 Å². The topological polar surface area (TPSA) is 82.5 Å². The number of nitrogens with zero attached hydrogens (tertiary/aromatic N) is 5. The zero-order valence-corrected chi connectivity index (χ0v) is 12.4. The minimum Gasteiger partial charge on any atom is -0.335 e. The van der Waals surface area contributed by atoms with E-state index in [0.29, 0.717) is 11.0 Å². The van der Waals surface area contributed by atoms with E-state index in [-0.39, 0.29) is 0 Å². The third kappa shape index (κ3) is 2.48. The molecular weight excluding hydrogens is 300 g/mol. The maximum atomic E-state index is 6.02. The highest BCUT2D eigenvalue weighted by molar-refractivity contribution is 8.00. The predicted octanol–water partition coefficient (Wildman–Crippen LogP) is 2.29. The van der Waals surface area contributed by atoms with Crippen LogP contribution in [-0.4, -0.2) is 24.2 Å². The Kier molecular flexibility index (Phi) is 3.49. The smallest absolute Gasteiger partial charge is 0.217 e. The SMILES string of the molecule is CCc1nsc(Sc2nnc(-c3cccs3)n2N)n1. The molecular formula is C10H10N6S3. The fourth-order valence-electron chi connectivity index (χ4n) is 1.42. The molecule has 0 amide bonds. The Bertz CT molecular complexity index is 671. The molecule has 0 fully saturated rings. The molecule has 2 N–H and O–H groups in total. The van der Waals surface area contributed by atoms with Crippen LogP contribution in [0, 0.1) is 0 Å². The van der Waals surface area contributed by atoms with Crippen molar-refractivity contribution in [1.82, 2.24) is 24.2 Å². The van der Waals surface area contributed by atoms with Gasteiger partial charge < -0.3 is 5.84 Å². The number of nitrogen functional groups attached to an aromatic ring is 1. The molecule has 3 rings (SSSR count). The summed E-state index contributed by atoms with van der Waals surface area (Å²) in [7, 11) is 0. The van der Waals surface area contributed by atoms with Crippen LogP contribution in [0.2, 0.25) is 0 Å². The summed E-state index contributed by atoms with van der Waals surface area (Å²) in [5.74, 6) is 7.52. The lowest BCUT2D eigenvalue weighted by Crippen LogP contribution is -2.10. The second-order valence-electron chi connectivity index (χ2n) is 3.59. The van der Waals surface area contributed by atoms with E-state index >= 15 is 0 Å². The Morgan fingerprint density at radius 3 is 3.00 bits per heavy atom. The molecule has 9 heteroatoms. The van der Waals surface area contributed by atoms with E-state index in [1.807, 2.05) is 24.4 Å². The predicted molar refractivity (Wildman–Crippen MR) is 76.9 cm³/mol. The summed E-state index contributed by atoms with van der Waals surface area (Å²) < 4.78 is 6.55. The van der Waals surface area contributed by atoms with E-state index in [2.05, 4.69) is 19.6 Å². The van der Waals surface area contributed by atoms with E-state index < -0.39 is 0 Å². The highest BCUT2D eigenvalue weighted by Gasteiger charge is 2.15. The van der Waals surface area contributed by atoms with Crippen LogP contribution in [0.1, 0.15) is 12.7 Å². The lowest BCUT2D eigenvalue weighted by molar-refractivity contribution is 0.849. The standard InChI is InChI=1S/C10H10N6S3/c1-2-7-12-10(19-15-7)18-9-14-13-8(16(9)11)6-4-3-5-17-6/h3-5H,2,11H2,1H3. The lowest BCUT2D eigenvalue weighted by atomic mass is 10.4. The van der Waals surface area contributed by atoms with Gasteiger partial charge in [-0.3, -0.25) is 0 Å². The molecule has 3 aromatic heterocycles. The van der Waals surface area contributed by atoms with Gasteiger partial charge >= 0.3 is 0 Å². The molecule has 0 aliphatic rings. The van der Waals surface area contributed by atoms with Crippen molar-refractivity contribution in [2.75, 3.05) is 5.84 Å². The molecule has 0 unspecified atom stereocenters. The Morgan fingerprint density at radius 2 is 2.32 bits per heavy atom. The summed E-state index contributed by atoms with van der Waals surface area (Å²) in [6, 6.07) is 3.92. The zero-order chi connectivity index (χ0) is 13.2. The van der Waals surface area contributed by atoms with Crippen LogP contribution in [0.25, 0.3) is 10.7 Å². The second-order valence-corrected chi connectivity index (χ2v) is 6.50. The van der Waals surface area contributed by atoms with Crippen LogP contribution >= 0.6 is 34.6 Å².